The van der Waals surface area contributed by atoms with Gasteiger partial charge in [0.1, 0.15) is 11.2 Å². The average molecular weight is 1500 g/mol. The Bertz CT molecular complexity index is 7390. The van der Waals surface area contributed by atoms with Gasteiger partial charge in [0.15, 0.2) is 0 Å². The molecule has 8 nitrogen and oxygen atoms in total. The summed E-state index contributed by atoms with van der Waals surface area (Å²) in [5.41, 5.74) is 28.1. The molecule has 0 saturated heterocycles. The third-order valence-corrected chi connectivity index (χ3v) is 22.8. The lowest BCUT2D eigenvalue weighted by Gasteiger charge is -2.22. The van der Waals surface area contributed by atoms with Gasteiger partial charge in [-0.1, -0.05) is 275 Å². The highest BCUT2D eigenvalue weighted by atomic mass is 16.3. The molecule has 0 bridgehead atoms. The quantitative estimate of drug-likeness (QED) is 0.0981. The number of furan rings is 1. The fraction of sp³-hybridized carbons (Fsp3) is 0.0275. The molecule has 0 fully saturated rings. The van der Waals surface area contributed by atoms with Crippen LogP contribution in [0.25, 0.3) is 137 Å². The summed E-state index contributed by atoms with van der Waals surface area (Å²) in [6.45, 7) is 4.68. The molecule has 4 aromatic heterocycles. The van der Waals surface area contributed by atoms with Crippen LogP contribution in [0.2, 0.25) is 0 Å². The highest BCUT2D eigenvalue weighted by molar-refractivity contribution is 6.16. The van der Waals surface area contributed by atoms with Gasteiger partial charge in [0, 0.05) is 123 Å². The van der Waals surface area contributed by atoms with E-state index < -0.39 is 0 Å². The van der Waals surface area contributed by atoms with Crippen molar-refractivity contribution in [2.75, 3.05) is 21.3 Å². The Morgan fingerprint density at radius 1 is 0.239 bits per heavy atom. The molecular weight excluding hydrogens is 1420 g/mol. The molecule has 8 heteroatoms. The zero-order valence-electron chi connectivity index (χ0n) is 64.7. The highest BCUT2D eigenvalue weighted by Gasteiger charge is 2.35. The second-order valence-electron chi connectivity index (χ2n) is 30.3. The third-order valence-electron chi connectivity index (χ3n) is 22.8. The number of fused-ring (bicyclic) bond motifs is 16. The minimum atomic E-state index is -0.0271. The first kappa shape index (κ1) is 70.7. The Morgan fingerprint density at radius 3 is 1.50 bits per heavy atom. The minimum absolute atomic E-state index is 0.0271. The van der Waals surface area contributed by atoms with Gasteiger partial charge in [0.25, 0.3) is 0 Å². The molecule has 1 aliphatic rings. The third kappa shape index (κ3) is 13.7. The van der Waals surface area contributed by atoms with E-state index in [-0.39, 0.29) is 5.41 Å². The number of para-hydroxylation sites is 7. The molecular formula is C109H81N7O. The normalized spacial score (nSPS) is 11.9. The van der Waals surface area contributed by atoms with Crippen LogP contribution in [-0.4, -0.2) is 13.7 Å². The van der Waals surface area contributed by atoms with E-state index in [2.05, 4.69) is 425 Å². The van der Waals surface area contributed by atoms with E-state index in [1.54, 1.807) is 0 Å². The topological polar surface area (TPSA) is 76.1 Å². The van der Waals surface area contributed by atoms with Crippen LogP contribution in [0.3, 0.4) is 0 Å². The van der Waals surface area contributed by atoms with Crippen molar-refractivity contribution in [2.45, 2.75) is 19.3 Å². The fourth-order valence-electron chi connectivity index (χ4n) is 17.2. The van der Waals surface area contributed by atoms with E-state index >= 15 is 0 Å². The fourth-order valence-corrected chi connectivity index (χ4v) is 17.2. The summed E-state index contributed by atoms with van der Waals surface area (Å²) in [5, 5.41) is 27.8. The van der Waals surface area contributed by atoms with E-state index in [4.69, 9.17) is 4.42 Å². The molecule has 22 aromatic rings. The van der Waals surface area contributed by atoms with Gasteiger partial charge >= 0.3 is 0 Å². The molecule has 4 heterocycles. The minimum Gasteiger partial charge on any atom is -0.456 e. The molecule has 23 rings (SSSR count). The summed E-state index contributed by atoms with van der Waals surface area (Å²) in [6, 6.07) is 149. The number of benzene rings is 18. The molecule has 0 amide bonds. The van der Waals surface area contributed by atoms with Crippen molar-refractivity contribution in [3.8, 4) is 39.3 Å². The Hall–Kier alpha value is -15.4. The Balaban J connectivity index is 0.000000101. The molecule has 0 unspecified atom stereocenters. The van der Waals surface area contributed by atoms with Gasteiger partial charge in [-0.3, -0.25) is 0 Å². The SMILES string of the molecule is CC1(C)c2ccccc2-c2ccc(-n3c4ccccc4c4ccc(Nc5ccccc5)cc43)cc21.c1ccc(-c2ccc(Nc3cccc4c3c3ccccc3n4-c3ccccc3)cc2)cc1.c1ccc(Nc2cccc3c2ccc2c3ccn2-c2ccccc2)cc1.c1ccc2cc(Nc3ccc4c(c3)oc3ccccc34)ccc2c1. The van der Waals surface area contributed by atoms with Crippen LogP contribution in [0.5, 0.6) is 0 Å². The number of rotatable bonds is 12. The number of hydrogen-bond acceptors (Lipinski definition) is 5. The van der Waals surface area contributed by atoms with Crippen LogP contribution < -0.4 is 21.3 Å². The number of nitrogens with one attached hydrogen (secondary N) is 4. The first-order chi connectivity index (χ1) is 57.8. The van der Waals surface area contributed by atoms with Gasteiger partial charge in [0.2, 0.25) is 0 Å². The van der Waals surface area contributed by atoms with Crippen LogP contribution in [0.4, 0.5) is 45.5 Å². The van der Waals surface area contributed by atoms with Crippen molar-refractivity contribution in [1.29, 1.82) is 0 Å². The standard InChI is InChI=1S/C33H26N2.C30H22N2.C24H18N2.C22H15NO/c1-33(2)29-14-8-6-12-25(29)26-19-17-24(21-30(26)33)35-31-15-9-7-13-27(31)28-18-16-23(20-32(28)35)34-22-10-4-3-5-11-22;1-3-10-22(11-4-1)23-18-20-24(21-19-23)31-27-15-9-17-29-30(27)26-14-7-8-16-28(26)32(29)25-12-5-2-6-13-25;1-3-8-18(9-4-1)25-23-13-7-12-20-21(23)14-15-24-22(20)16-17-26(24)19-10-5-2-6-11-19;1-2-6-16-13-17(10-9-15(16)5-1)23-18-11-12-20-19-7-3-4-8-21(19)24-22(20)14-18/h3-21,34H,1-2H3;1-21,31H;1-17,25H;1-14,23H. The molecule has 0 radical (unpaired) electrons. The molecule has 0 spiro atoms. The maximum absolute atomic E-state index is 5.96. The second-order valence-corrected chi connectivity index (χ2v) is 30.3. The Kier molecular flexibility index (Phi) is 18.5. The van der Waals surface area contributed by atoms with Gasteiger partial charge in [-0.15, -0.1) is 0 Å². The number of anilines is 8. The summed E-state index contributed by atoms with van der Waals surface area (Å²) in [7, 11) is 0. The number of nitrogens with zero attached hydrogens (tertiary/aromatic N) is 3. The molecule has 0 atom stereocenters. The van der Waals surface area contributed by atoms with Gasteiger partial charge in [-0.25, -0.2) is 0 Å². The maximum Gasteiger partial charge on any atom is 0.137 e. The monoisotopic (exact) mass is 1500 g/mol. The molecule has 117 heavy (non-hydrogen) atoms. The lowest BCUT2D eigenvalue weighted by molar-refractivity contribution is 0.660. The summed E-state index contributed by atoms with van der Waals surface area (Å²) in [4.78, 5) is 0. The van der Waals surface area contributed by atoms with E-state index in [9.17, 15) is 0 Å². The molecule has 558 valence electrons. The van der Waals surface area contributed by atoms with Crippen LogP contribution >= 0.6 is 0 Å². The van der Waals surface area contributed by atoms with Crippen LogP contribution in [0.1, 0.15) is 25.0 Å². The molecule has 1 aliphatic carbocycles. The predicted molar refractivity (Wildman–Crippen MR) is 495 cm³/mol. The van der Waals surface area contributed by atoms with Gasteiger partial charge in [-0.2, -0.15) is 0 Å². The average Bonchev–Trinajstić information content (AvgIpc) is 1.60. The zero-order valence-corrected chi connectivity index (χ0v) is 64.7. The van der Waals surface area contributed by atoms with Crippen LogP contribution in [0.15, 0.2) is 435 Å². The Morgan fingerprint density at radius 2 is 0.726 bits per heavy atom. The summed E-state index contributed by atoms with van der Waals surface area (Å²) in [6.07, 6.45) is 2.15. The largest absolute Gasteiger partial charge is 0.456 e. The van der Waals surface area contributed by atoms with E-state index in [0.717, 1.165) is 67.4 Å². The lowest BCUT2D eigenvalue weighted by Crippen LogP contribution is -2.15. The Labute approximate surface area is 679 Å². The van der Waals surface area contributed by atoms with Crippen molar-refractivity contribution in [3.63, 3.8) is 0 Å². The van der Waals surface area contributed by atoms with Gasteiger partial charge < -0.3 is 39.4 Å². The molecule has 0 saturated carbocycles. The van der Waals surface area contributed by atoms with Crippen molar-refractivity contribution in [2.24, 2.45) is 0 Å². The first-order valence-electron chi connectivity index (χ1n) is 39.9. The maximum atomic E-state index is 5.96. The predicted octanol–water partition coefficient (Wildman–Crippen LogP) is 30.0. The first-order valence-corrected chi connectivity index (χ1v) is 39.9. The van der Waals surface area contributed by atoms with Crippen molar-refractivity contribution in [1.82, 2.24) is 13.7 Å². The summed E-state index contributed by atoms with van der Waals surface area (Å²) < 4.78 is 13.0. The smallest absolute Gasteiger partial charge is 0.137 e. The van der Waals surface area contributed by atoms with E-state index in [1.165, 1.54) is 127 Å². The molecule has 4 N–H and O–H groups in total. The lowest BCUT2D eigenvalue weighted by atomic mass is 9.82. The van der Waals surface area contributed by atoms with Crippen LogP contribution in [0, 0.1) is 0 Å². The van der Waals surface area contributed by atoms with Crippen molar-refractivity contribution >= 4 is 143 Å². The van der Waals surface area contributed by atoms with Crippen molar-refractivity contribution < 1.29 is 4.42 Å². The van der Waals surface area contributed by atoms with Gasteiger partial charge in [-0.05, 0) is 207 Å². The van der Waals surface area contributed by atoms with Crippen molar-refractivity contribution in [3.05, 3.63) is 442 Å². The summed E-state index contributed by atoms with van der Waals surface area (Å²) in [5.74, 6) is 0. The zero-order chi connectivity index (χ0) is 78.2. The highest BCUT2D eigenvalue weighted by Crippen LogP contribution is 2.50. The molecule has 0 aliphatic heterocycles. The van der Waals surface area contributed by atoms with Crippen LogP contribution in [-0.2, 0) is 5.41 Å². The van der Waals surface area contributed by atoms with E-state index in [0.29, 0.717) is 0 Å². The van der Waals surface area contributed by atoms with Gasteiger partial charge in [0.05, 0.1) is 27.6 Å². The number of hydrogen-bond donors (Lipinski definition) is 4. The second kappa shape index (κ2) is 30.6. The summed E-state index contributed by atoms with van der Waals surface area (Å²) >= 11 is 0. The van der Waals surface area contributed by atoms with E-state index in [1.807, 2.05) is 54.6 Å². The molecule has 18 aromatic carbocycles. The number of aromatic nitrogens is 3.